The lowest BCUT2D eigenvalue weighted by Gasteiger charge is -2.19. The number of hydrogen-bond acceptors (Lipinski definition) is 5. The van der Waals surface area contributed by atoms with Crippen LogP contribution >= 0.6 is 0 Å². The number of carbonyl (C=O) groups is 1. The molecule has 0 spiro atoms. The molecule has 2 aromatic heterocycles. The molecule has 6 nitrogen and oxygen atoms in total. The van der Waals surface area contributed by atoms with Crippen LogP contribution in [0.25, 0.3) is 10.9 Å². The predicted molar refractivity (Wildman–Crippen MR) is 78.8 cm³/mol. The van der Waals surface area contributed by atoms with Crippen molar-refractivity contribution in [3.8, 4) is 0 Å². The molecule has 6 heteroatoms. The van der Waals surface area contributed by atoms with Crippen LogP contribution in [0.4, 0.5) is 11.5 Å². The summed E-state index contributed by atoms with van der Waals surface area (Å²) in [6, 6.07) is 8.58. The SMILES string of the molecule is CN(c1cccnc1)c1ncnc2cc(C(=O)O)ccc12. The fraction of sp³-hybridized carbons (Fsp3) is 0.0667. The lowest BCUT2D eigenvalue weighted by molar-refractivity contribution is 0.0697. The van der Waals surface area contributed by atoms with E-state index in [1.807, 2.05) is 24.1 Å². The van der Waals surface area contributed by atoms with Crippen LogP contribution < -0.4 is 4.90 Å². The van der Waals surface area contributed by atoms with Gasteiger partial charge in [0.25, 0.3) is 0 Å². The number of aromatic carboxylic acids is 1. The van der Waals surface area contributed by atoms with E-state index < -0.39 is 5.97 Å². The van der Waals surface area contributed by atoms with Gasteiger partial charge in [-0.15, -0.1) is 0 Å². The molecular formula is C15H12N4O2. The number of anilines is 2. The minimum atomic E-state index is -0.974. The van der Waals surface area contributed by atoms with Crippen molar-refractivity contribution in [3.63, 3.8) is 0 Å². The highest BCUT2D eigenvalue weighted by Gasteiger charge is 2.12. The number of carboxylic acid groups (broad SMARTS) is 1. The summed E-state index contributed by atoms with van der Waals surface area (Å²) in [5.41, 5.74) is 1.69. The van der Waals surface area contributed by atoms with Crippen LogP contribution in [0.5, 0.6) is 0 Å². The average molecular weight is 280 g/mol. The second-order valence-electron chi connectivity index (χ2n) is 4.50. The van der Waals surface area contributed by atoms with E-state index in [4.69, 9.17) is 5.11 Å². The molecule has 104 valence electrons. The molecule has 1 N–H and O–H groups in total. The van der Waals surface area contributed by atoms with Crippen molar-refractivity contribution < 1.29 is 9.90 Å². The number of benzene rings is 1. The molecule has 0 unspecified atom stereocenters. The number of hydrogen-bond donors (Lipinski definition) is 1. The molecule has 0 atom stereocenters. The lowest BCUT2D eigenvalue weighted by Crippen LogP contribution is -2.12. The molecule has 2 heterocycles. The third kappa shape index (κ3) is 2.38. The first kappa shape index (κ1) is 13.0. The van der Waals surface area contributed by atoms with E-state index in [9.17, 15) is 4.79 Å². The first-order valence-electron chi connectivity index (χ1n) is 6.28. The summed E-state index contributed by atoms with van der Waals surface area (Å²) < 4.78 is 0. The average Bonchev–Trinajstić information content (AvgIpc) is 2.54. The normalized spacial score (nSPS) is 10.5. The Morgan fingerprint density at radius 2 is 2.10 bits per heavy atom. The van der Waals surface area contributed by atoms with Gasteiger partial charge >= 0.3 is 5.97 Å². The molecule has 0 bridgehead atoms. The smallest absolute Gasteiger partial charge is 0.335 e. The van der Waals surface area contributed by atoms with Crippen molar-refractivity contribution in [2.45, 2.75) is 0 Å². The van der Waals surface area contributed by atoms with Crippen molar-refractivity contribution in [3.05, 3.63) is 54.6 Å². The molecule has 0 saturated carbocycles. The third-order valence-corrected chi connectivity index (χ3v) is 3.21. The van der Waals surface area contributed by atoms with Crippen LogP contribution in [0.15, 0.2) is 49.1 Å². The van der Waals surface area contributed by atoms with E-state index in [0.717, 1.165) is 11.1 Å². The summed E-state index contributed by atoms with van der Waals surface area (Å²) in [4.78, 5) is 25.4. The summed E-state index contributed by atoms with van der Waals surface area (Å²) in [5.74, 6) is -0.275. The fourth-order valence-corrected chi connectivity index (χ4v) is 2.12. The van der Waals surface area contributed by atoms with Gasteiger partial charge in [0, 0.05) is 18.6 Å². The maximum absolute atomic E-state index is 11.0. The second-order valence-corrected chi connectivity index (χ2v) is 4.50. The first-order valence-corrected chi connectivity index (χ1v) is 6.28. The van der Waals surface area contributed by atoms with Gasteiger partial charge in [0.15, 0.2) is 0 Å². The zero-order valence-electron chi connectivity index (χ0n) is 11.3. The van der Waals surface area contributed by atoms with Crippen LogP contribution in [-0.4, -0.2) is 33.1 Å². The van der Waals surface area contributed by atoms with E-state index in [-0.39, 0.29) is 5.56 Å². The Labute approximate surface area is 120 Å². The fourth-order valence-electron chi connectivity index (χ4n) is 2.12. The van der Waals surface area contributed by atoms with Crippen LogP contribution in [0.2, 0.25) is 0 Å². The van der Waals surface area contributed by atoms with E-state index in [2.05, 4.69) is 15.0 Å². The quantitative estimate of drug-likeness (QED) is 0.794. The molecule has 3 rings (SSSR count). The summed E-state index contributed by atoms with van der Waals surface area (Å²) in [6.07, 6.45) is 4.87. The Bertz CT molecular complexity index is 805. The van der Waals surface area contributed by atoms with Gasteiger partial charge in [0.2, 0.25) is 0 Å². The molecule has 0 radical (unpaired) electrons. The standard InChI is InChI=1S/C15H12N4O2/c1-19(11-3-2-6-16-8-11)14-12-5-4-10(15(20)21)7-13(12)17-9-18-14/h2-9H,1H3,(H,20,21). The van der Waals surface area contributed by atoms with Crippen molar-refractivity contribution in [2.24, 2.45) is 0 Å². The number of nitrogens with zero attached hydrogens (tertiary/aromatic N) is 4. The maximum Gasteiger partial charge on any atom is 0.335 e. The predicted octanol–water partition coefficient (Wildman–Crippen LogP) is 2.49. The van der Waals surface area contributed by atoms with Gasteiger partial charge in [0.05, 0.1) is 23.0 Å². The summed E-state index contributed by atoms with van der Waals surface area (Å²) in [7, 11) is 1.88. The molecule has 0 aliphatic heterocycles. The first-order chi connectivity index (χ1) is 10.2. The second kappa shape index (κ2) is 5.16. The van der Waals surface area contributed by atoms with Crippen LogP contribution in [0.3, 0.4) is 0 Å². The molecule has 21 heavy (non-hydrogen) atoms. The van der Waals surface area contributed by atoms with Crippen LogP contribution in [0, 0.1) is 0 Å². The van der Waals surface area contributed by atoms with E-state index in [0.29, 0.717) is 11.3 Å². The molecule has 3 aromatic rings. The highest BCUT2D eigenvalue weighted by molar-refractivity contribution is 5.97. The number of aromatic nitrogens is 3. The van der Waals surface area contributed by atoms with Gasteiger partial charge in [-0.05, 0) is 30.3 Å². The summed E-state index contributed by atoms with van der Waals surface area (Å²) >= 11 is 0. The Morgan fingerprint density at radius 3 is 2.81 bits per heavy atom. The van der Waals surface area contributed by atoms with Crippen LogP contribution in [-0.2, 0) is 0 Å². The number of fused-ring (bicyclic) bond motifs is 1. The van der Waals surface area contributed by atoms with Gasteiger partial charge in [-0.25, -0.2) is 14.8 Å². The van der Waals surface area contributed by atoms with E-state index in [1.54, 1.807) is 30.6 Å². The zero-order valence-corrected chi connectivity index (χ0v) is 11.3. The zero-order chi connectivity index (χ0) is 14.8. The Morgan fingerprint density at radius 1 is 1.24 bits per heavy atom. The Kier molecular flexibility index (Phi) is 3.19. The molecule has 0 aliphatic rings. The minimum absolute atomic E-state index is 0.205. The Hall–Kier alpha value is -3.02. The van der Waals surface area contributed by atoms with Gasteiger partial charge in [0.1, 0.15) is 12.1 Å². The number of carboxylic acids is 1. The van der Waals surface area contributed by atoms with Crippen molar-refractivity contribution in [1.82, 2.24) is 15.0 Å². The molecule has 0 amide bonds. The van der Waals surface area contributed by atoms with Gasteiger partial charge in [-0.2, -0.15) is 0 Å². The number of rotatable bonds is 3. The molecule has 0 aliphatic carbocycles. The molecular weight excluding hydrogens is 268 g/mol. The van der Waals surface area contributed by atoms with Crippen molar-refractivity contribution in [2.75, 3.05) is 11.9 Å². The molecule has 1 aromatic carbocycles. The lowest BCUT2D eigenvalue weighted by atomic mass is 10.1. The summed E-state index contributed by atoms with van der Waals surface area (Å²) in [6.45, 7) is 0. The van der Waals surface area contributed by atoms with Gasteiger partial charge in [-0.3, -0.25) is 4.98 Å². The maximum atomic E-state index is 11.0. The largest absolute Gasteiger partial charge is 0.478 e. The van der Waals surface area contributed by atoms with Gasteiger partial charge in [-0.1, -0.05) is 0 Å². The minimum Gasteiger partial charge on any atom is -0.478 e. The summed E-state index contributed by atoms with van der Waals surface area (Å²) in [5, 5.41) is 9.82. The monoisotopic (exact) mass is 280 g/mol. The van der Waals surface area contributed by atoms with E-state index in [1.165, 1.54) is 6.33 Å². The Balaban J connectivity index is 2.13. The number of pyridine rings is 1. The molecule has 0 saturated heterocycles. The van der Waals surface area contributed by atoms with Crippen LogP contribution in [0.1, 0.15) is 10.4 Å². The van der Waals surface area contributed by atoms with Crippen molar-refractivity contribution in [1.29, 1.82) is 0 Å². The van der Waals surface area contributed by atoms with Crippen molar-refractivity contribution >= 4 is 28.4 Å². The highest BCUT2D eigenvalue weighted by atomic mass is 16.4. The third-order valence-electron chi connectivity index (χ3n) is 3.21. The topological polar surface area (TPSA) is 79.2 Å². The molecule has 0 fully saturated rings. The van der Waals surface area contributed by atoms with E-state index >= 15 is 0 Å². The van der Waals surface area contributed by atoms with Gasteiger partial charge < -0.3 is 10.0 Å². The highest BCUT2D eigenvalue weighted by Crippen LogP contribution is 2.27.